The van der Waals surface area contributed by atoms with E-state index in [1.807, 2.05) is 0 Å². The van der Waals surface area contributed by atoms with Crippen molar-refractivity contribution in [3.05, 3.63) is 70.5 Å². The van der Waals surface area contributed by atoms with E-state index in [2.05, 4.69) is 0 Å². The highest BCUT2D eigenvalue weighted by Crippen LogP contribution is 2.44. The van der Waals surface area contributed by atoms with Gasteiger partial charge in [0.15, 0.2) is 0 Å². The second kappa shape index (κ2) is 8.78. The number of hydrogen-bond acceptors (Lipinski definition) is 2. The van der Waals surface area contributed by atoms with Gasteiger partial charge in [0.25, 0.3) is 0 Å². The highest BCUT2D eigenvalue weighted by atomic mass is 19.4. The third-order valence-corrected chi connectivity index (χ3v) is 5.68. The average molecular weight is 450 g/mol. The second-order valence-corrected chi connectivity index (χ2v) is 7.75. The summed E-state index contributed by atoms with van der Waals surface area (Å²) in [6.07, 6.45) is -10.5. The number of ether oxygens (including phenoxy) is 1. The van der Waals surface area contributed by atoms with Crippen LogP contribution in [-0.4, -0.2) is 17.8 Å². The summed E-state index contributed by atoms with van der Waals surface area (Å²) in [6.45, 7) is 1.22. The molecule has 170 valence electrons. The molecule has 31 heavy (non-hydrogen) atoms. The number of alkyl halides is 6. The average Bonchev–Trinajstić information content (AvgIpc) is 3.09. The maximum atomic E-state index is 13.3. The van der Waals surface area contributed by atoms with E-state index < -0.39 is 41.5 Å². The predicted octanol–water partition coefficient (Wildman–Crippen LogP) is 6.50. The Labute approximate surface area is 174 Å². The molecule has 1 N–H and O–H groups in total. The van der Waals surface area contributed by atoms with Crippen LogP contribution < -0.4 is 0 Å². The molecule has 3 rings (SSSR count). The first kappa shape index (κ1) is 23.5. The lowest BCUT2D eigenvalue weighted by Gasteiger charge is -2.28. The molecule has 0 amide bonds. The van der Waals surface area contributed by atoms with E-state index in [0.717, 1.165) is 0 Å². The minimum Gasteiger partial charge on any atom is -0.396 e. The van der Waals surface area contributed by atoms with Gasteiger partial charge in [0.2, 0.25) is 0 Å². The summed E-state index contributed by atoms with van der Waals surface area (Å²) < 4.78 is 98.1. The molecule has 0 radical (unpaired) electrons. The van der Waals surface area contributed by atoms with Gasteiger partial charge >= 0.3 is 12.4 Å². The molecule has 0 bridgehead atoms. The highest BCUT2D eigenvalue weighted by Gasteiger charge is 2.40. The first-order chi connectivity index (χ1) is 14.4. The lowest BCUT2D eigenvalue weighted by atomic mass is 9.88. The van der Waals surface area contributed by atoms with Crippen molar-refractivity contribution in [1.82, 2.24) is 0 Å². The van der Waals surface area contributed by atoms with Crippen molar-refractivity contribution in [3.8, 4) is 0 Å². The van der Waals surface area contributed by atoms with E-state index in [4.69, 9.17) is 4.74 Å². The Kier molecular flexibility index (Phi) is 6.67. The third kappa shape index (κ3) is 5.38. The number of halogens is 7. The Bertz CT molecular complexity index is 858. The third-order valence-electron chi connectivity index (χ3n) is 5.68. The van der Waals surface area contributed by atoms with Crippen molar-refractivity contribution >= 4 is 0 Å². The van der Waals surface area contributed by atoms with Gasteiger partial charge in [-0.1, -0.05) is 12.1 Å². The molecule has 0 spiro atoms. The van der Waals surface area contributed by atoms with Crippen LogP contribution in [0.1, 0.15) is 54.0 Å². The number of hydrogen-bond donors (Lipinski definition) is 1. The fraction of sp³-hybridized carbons (Fsp3) is 0.455. The number of rotatable bonds is 5. The van der Waals surface area contributed by atoms with Gasteiger partial charge in [-0.2, -0.15) is 26.3 Å². The van der Waals surface area contributed by atoms with Crippen LogP contribution in [0.2, 0.25) is 0 Å². The second-order valence-electron chi connectivity index (χ2n) is 7.75. The summed E-state index contributed by atoms with van der Waals surface area (Å²) in [7, 11) is 0. The summed E-state index contributed by atoms with van der Waals surface area (Å²) in [5.41, 5.74) is -2.35. The van der Waals surface area contributed by atoms with E-state index in [1.165, 1.54) is 19.1 Å². The van der Waals surface area contributed by atoms with Crippen molar-refractivity contribution in [1.29, 1.82) is 0 Å². The Morgan fingerprint density at radius 2 is 1.48 bits per heavy atom. The van der Waals surface area contributed by atoms with Crippen molar-refractivity contribution in [2.45, 2.75) is 50.2 Å². The van der Waals surface area contributed by atoms with Gasteiger partial charge < -0.3 is 9.84 Å². The predicted molar refractivity (Wildman–Crippen MR) is 98.7 cm³/mol. The molecule has 4 atom stereocenters. The highest BCUT2D eigenvalue weighted by molar-refractivity contribution is 5.35. The largest absolute Gasteiger partial charge is 0.416 e. The number of aliphatic hydroxyl groups is 1. The minimum absolute atomic E-state index is 0.0783. The van der Waals surface area contributed by atoms with Gasteiger partial charge in [0, 0.05) is 12.5 Å². The Hall–Kier alpha value is -2.13. The van der Waals surface area contributed by atoms with Crippen LogP contribution in [0.4, 0.5) is 30.7 Å². The molecule has 1 fully saturated rings. The van der Waals surface area contributed by atoms with Crippen molar-refractivity contribution in [2.75, 3.05) is 6.61 Å². The minimum atomic E-state index is -4.94. The normalized spacial score (nSPS) is 23.2. The molecule has 0 aromatic heterocycles. The fourth-order valence-corrected chi connectivity index (χ4v) is 4.12. The van der Waals surface area contributed by atoms with E-state index in [9.17, 15) is 35.8 Å². The Morgan fingerprint density at radius 3 is 1.97 bits per heavy atom. The zero-order valence-electron chi connectivity index (χ0n) is 16.5. The van der Waals surface area contributed by atoms with Gasteiger partial charge in [-0.15, -0.1) is 0 Å². The molecular formula is C22H21F7O2. The SMILES string of the molecule is C[C@@H](OC1CCC(CO)C1c1ccc(F)cc1)c1cc(C(F)(F)F)cc(C(F)(F)F)c1. The molecule has 2 aromatic carbocycles. The summed E-state index contributed by atoms with van der Waals surface area (Å²) in [5, 5.41) is 9.69. The number of benzene rings is 2. The van der Waals surface area contributed by atoms with E-state index in [0.29, 0.717) is 30.5 Å². The van der Waals surface area contributed by atoms with Crippen LogP contribution in [-0.2, 0) is 17.1 Å². The Balaban J connectivity index is 1.90. The zero-order chi connectivity index (χ0) is 23.0. The molecule has 2 nitrogen and oxygen atoms in total. The maximum absolute atomic E-state index is 13.3. The summed E-state index contributed by atoms with van der Waals surface area (Å²) in [5.74, 6) is -1.02. The van der Waals surface area contributed by atoms with Crippen LogP contribution >= 0.6 is 0 Å². The number of aliphatic hydroxyl groups excluding tert-OH is 1. The molecular weight excluding hydrogens is 429 g/mol. The molecule has 3 unspecified atom stereocenters. The van der Waals surface area contributed by atoms with Gasteiger partial charge in [-0.05, 0) is 67.1 Å². The molecule has 1 aliphatic carbocycles. The molecule has 0 saturated heterocycles. The standard InChI is InChI=1S/C22H21F7O2/c1-12(15-8-16(21(24,25)26)10-17(9-15)22(27,28)29)31-19-7-4-14(11-30)20(19)13-2-5-18(23)6-3-13/h2-3,5-6,8-10,12,14,19-20,30H,4,7,11H2,1H3/t12-,14?,19?,20?/m1/s1. The molecule has 0 heterocycles. The van der Waals surface area contributed by atoms with Crippen molar-refractivity contribution in [3.63, 3.8) is 0 Å². The van der Waals surface area contributed by atoms with Crippen LogP contribution in [0, 0.1) is 11.7 Å². The topological polar surface area (TPSA) is 29.5 Å². The van der Waals surface area contributed by atoms with Gasteiger partial charge in [-0.3, -0.25) is 0 Å². The Morgan fingerprint density at radius 1 is 0.935 bits per heavy atom. The van der Waals surface area contributed by atoms with E-state index in [1.54, 1.807) is 12.1 Å². The lowest BCUT2D eigenvalue weighted by molar-refractivity contribution is -0.143. The fourth-order valence-electron chi connectivity index (χ4n) is 4.12. The molecule has 1 saturated carbocycles. The summed E-state index contributed by atoms with van der Waals surface area (Å²) >= 11 is 0. The first-order valence-corrected chi connectivity index (χ1v) is 9.71. The van der Waals surface area contributed by atoms with Crippen LogP contribution in [0.3, 0.4) is 0 Å². The molecule has 0 aliphatic heterocycles. The summed E-state index contributed by atoms with van der Waals surface area (Å²) in [6, 6.07) is 6.99. The quantitative estimate of drug-likeness (QED) is 0.528. The maximum Gasteiger partial charge on any atom is 0.416 e. The van der Waals surface area contributed by atoms with Gasteiger partial charge in [-0.25, -0.2) is 4.39 Å². The smallest absolute Gasteiger partial charge is 0.396 e. The van der Waals surface area contributed by atoms with Gasteiger partial charge in [0.1, 0.15) is 5.82 Å². The van der Waals surface area contributed by atoms with Crippen LogP contribution in [0.25, 0.3) is 0 Å². The van der Waals surface area contributed by atoms with Crippen molar-refractivity contribution < 1.29 is 40.6 Å². The monoisotopic (exact) mass is 450 g/mol. The molecule has 2 aromatic rings. The van der Waals surface area contributed by atoms with Crippen LogP contribution in [0.5, 0.6) is 0 Å². The van der Waals surface area contributed by atoms with E-state index >= 15 is 0 Å². The zero-order valence-corrected chi connectivity index (χ0v) is 16.5. The lowest BCUT2D eigenvalue weighted by Crippen LogP contribution is -2.24. The van der Waals surface area contributed by atoms with Gasteiger partial charge in [0.05, 0.1) is 23.3 Å². The van der Waals surface area contributed by atoms with E-state index in [-0.39, 0.29) is 30.1 Å². The molecule has 9 heteroatoms. The van der Waals surface area contributed by atoms with Crippen LogP contribution in [0.15, 0.2) is 42.5 Å². The summed E-state index contributed by atoms with van der Waals surface area (Å²) in [4.78, 5) is 0. The molecule has 1 aliphatic rings. The first-order valence-electron chi connectivity index (χ1n) is 9.71. The van der Waals surface area contributed by atoms with Crippen molar-refractivity contribution in [2.24, 2.45) is 5.92 Å².